The fraction of sp³-hybridized carbons (Fsp3) is 0.875. The van der Waals surface area contributed by atoms with Gasteiger partial charge in [0.05, 0.1) is 0 Å². The van der Waals surface area contributed by atoms with Gasteiger partial charge in [-0.2, -0.15) is 0 Å². The van der Waals surface area contributed by atoms with Crippen molar-refractivity contribution in [3.05, 3.63) is 6.42 Å². The van der Waals surface area contributed by atoms with Crippen LogP contribution in [0.1, 0.15) is 26.7 Å². The number of rotatable bonds is 1. The third kappa shape index (κ3) is 1.98. The molecule has 1 heteroatoms. The Labute approximate surface area is 58.0 Å². The van der Waals surface area contributed by atoms with Crippen molar-refractivity contribution in [3.8, 4) is 0 Å². The molecular weight excluding hydrogens is 110 g/mol. The molecule has 1 saturated heterocycles. The lowest BCUT2D eigenvalue weighted by molar-refractivity contribution is 0.213. The molecule has 0 N–H and O–H groups in total. The van der Waals surface area contributed by atoms with Crippen molar-refractivity contribution in [1.29, 1.82) is 0 Å². The molecule has 0 aliphatic carbocycles. The number of hydrogen-bond donors (Lipinski definition) is 0. The molecule has 1 radical (unpaired) electrons. The van der Waals surface area contributed by atoms with E-state index in [9.17, 15) is 0 Å². The molecule has 0 amide bonds. The topological polar surface area (TPSA) is 3.24 Å². The zero-order chi connectivity index (χ0) is 6.69. The molecule has 0 bridgehead atoms. The minimum absolute atomic E-state index is 0.738. The Balaban J connectivity index is 2.23. The summed E-state index contributed by atoms with van der Waals surface area (Å²) < 4.78 is 0. The van der Waals surface area contributed by atoms with Crippen molar-refractivity contribution in [2.75, 3.05) is 13.1 Å². The number of piperidine rings is 1. The highest BCUT2D eigenvalue weighted by atomic mass is 15.1. The summed E-state index contributed by atoms with van der Waals surface area (Å²) in [5, 5.41) is 0. The smallest absolute Gasteiger partial charge is 0.00387 e. The molecule has 1 aliphatic heterocycles. The lowest BCUT2D eigenvalue weighted by atomic mass is 10.1. The summed E-state index contributed by atoms with van der Waals surface area (Å²) in [6.45, 7) is 7.03. The number of nitrogens with zero attached hydrogens (tertiary/aromatic N) is 1. The lowest BCUT2D eigenvalue weighted by Crippen LogP contribution is -2.35. The predicted octanol–water partition coefficient (Wildman–Crippen LogP) is 1.69. The summed E-state index contributed by atoms with van der Waals surface area (Å²) in [4.78, 5) is 2.50. The Morgan fingerprint density at radius 1 is 1.44 bits per heavy atom. The molecule has 1 heterocycles. The summed E-state index contributed by atoms with van der Waals surface area (Å²) in [5.41, 5.74) is 0. The van der Waals surface area contributed by atoms with Crippen LogP contribution in [-0.4, -0.2) is 24.0 Å². The fourth-order valence-electron chi connectivity index (χ4n) is 1.26. The Morgan fingerprint density at radius 2 is 2.22 bits per heavy atom. The molecule has 0 unspecified atom stereocenters. The van der Waals surface area contributed by atoms with Gasteiger partial charge in [-0.25, -0.2) is 0 Å². The minimum Gasteiger partial charge on any atom is -0.301 e. The van der Waals surface area contributed by atoms with E-state index in [0.29, 0.717) is 0 Å². The summed E-state index contributed by atoms with van der Waals surface area (Å²) in [5.74, 6) is 0. The SMILES string of the molecule is CC(C)N1C[CH]CCC1. The van der Waals surface area contributed by atoms with Crippen molar-refractivity contribution < 1.29 is 0 Å². The van der Waals surface area contributed by atoms with Gasteiger partial charge in [0.15, 0.2) is 0 Å². The molecule has 0 aromatic heterocycles. The zero-order valence-corrected chi connectivity index (χ0v) is 6.43. The molecule has 53 valence electrons. The third-order valence-corrected chi connectivity index (χ3v) is 1.95. The van der Waals surface area contributed by atoms with E-state index in [0.717, 1.165) is 6.04 Å². The van der Waals surface area contributed by atoms with Gasteiger partial charge in [0.1, 0.15) is 0 Å². The summed E-state index contributed by atoms with van der Waals surface area (Å²) >= 11 is 0. The van der Waals surface area contributed by atoms with E-state index in [1.54, 1.807) is 0 Å². The molecule has 9 heavy (non-hydrogen) atoms. The van der Waals surface area contributed by atoms with E-state index in [4.69, 9.17) is 0 Å². The Morgan fingerprint density at radius 3 is 2.56 bits per heavy atom. The molecule has 1 aliphatic rings. The first-order valence-electron chi connectivity index (χ1n) is 3.86. The van der Waals surface area contributed by atoms with Crippen LogP contribution in [0.4, 0.5) is 0 Å². The van der Waals surface area contributed by atoms with Crippen LogP contribution in [-0.2, 0) is 0 Å². The molecular formula is C8H16N. The normalized spacial score (nSPS) is 23.0. The fourth-order valence-corrected chi connectivity index (χ4v) is 1.26. The minimum atomic E-state index is 0.738. The van der Waals surface area contributed by atoms with Crippen molar-refractivity contribution >= 4 is 0 Å². The Bertz CT molecular complexity index is 72.6. The van der Waals surface area contributed by atoms with Crippen LogP contribution in [0.3, 0.4) is 0 Å². The van der Waals surface area contributed by atoms with Crippen LogP contribution < -0.4 is 0 Å². The molecule has 0 saturated carbocycles. The zero-order valence-electron chi connectivity index (χ0n) is 6.43. The second-order valence-corrected chi connectivity index (χ2v) is 3.02. The predicted molar refractivity (Wildman–Crippen MR) is 40.2 cm³/mol. The summed E-state index contributed by atoms with van der Waals surface area (Å²) in [6.07, 6.45) is 5.06. The first kappa shape index (κ1) is 7.07. The first-order valence-corrected chi connectivity index (χ1v) is 3.86. The monoisotopic (exact) mass is 126 g/mol. The second kappa shape index (κ2) is 3.21. The summed E-state index contributed by atoms with van der Waals surface area (Å²) in [6, 6.07) is 0.738. The Hall–Kier alpha value is -0.0400. The lowest BCUT2D eigenvalue weighted by Gasteiger charge is -2.29. The van der Waals surface area contributed by atoms with E-state index >= 15 is 0 Å². The summed E-state index contributed by atoms with van der Waals surface area (Å²) in [7, 11) is 0. The molecule has 1 rings (SSSR count). The largest absolute Gasteiger partial charge is 0.301 e. The van der Waals surface area contributed by atoms with E-state index in [2.05, 4.69) is 25.2 Å². The number of likely N-dealkylation sites (tertiary alicyclic amines) is 1. The molecule has 1 fully saturated rings. The van der Waals surface area contributed by atoms with E-state index in [1.807, 2.05) is 0 Å². The van der Waals surface area contributed by atoms with E-state index in [1.165, 1.54) is 25.9 Å². The van der Waals surface area contributed by atoms with Crippen LogP contribution >= 0.6 is 0 Å². The van der Waals surface area contributed by atoms with Crippen LogP contribution in [0.15, 0.2) is 0 Å². The maximum atomic E-state index is 2.50. The van der Waals surface area contributed by atoms with Gasteiger partial charge >= 0.3 is 0 Å². The first-order chi connectivity index (χ1) is 4.30. The molecule has 0 aromatic rings. The van der Waals surface area contributed by atoms with Gasteiger partial charge in [-0.3, -0.25) is 0 Å². The molecule has 0 atom stereocenters. The van der Waals surface area contributed by atoms with Gasteiger partial charge in [0, 0.05) is 12.6 Å². The average Bonchev–Trinajstić information content (AvgIpc) is 1.90. The van der Waals surface area contributed by atoms with Gasteiger partial charge < -0.3 is 4.90 Å². The quantitative estimate of drug-likeness (QED) is 0.517. The average molecular weight is 126 g/mol. The highest BCUT2D eigenvalue weighted by Gasteiger charge is 2.11. The second-order valence-electron chi connectivity index (χ2n) is 3.02. The third-order valence-electron chi connectivity index (χ3n) is 1.95. The maximum Gasteiger partial charge on any atom is 0.00387 e. The van der Waals surface area contributed by atoms with Crippen molar-refractivity contribution in [1.82, 2.24) is 4.90 Å². The van der Waals surface area contributed by atoms with Crippen LogP contribution in [0.25, 0.3) is 0 Å². The highest BCUT2D eigenvalue weighted by Crippen LogP contribution is 2.09. The standard InChI is InChI=1S/C8H16N/c1-8(2)9-6-4-3-5-7-9/h4,8H,3,5-7H2,1-2H3. The van der Waals surface area contributed by atoms with Gasteiger partial charge in [-0.15, -0.1) is 0 Å². The maximum absolute atomic E-state index is 2.50. The van der Waals surface area contributed by atoms with Crippen molar-refractivity contribution in [2.45, 2.75) is 32.7 Å². The molecule has 0 spiro atoms. The molecule has 0 aromatic carbocycles. The highest BCUT2D eigenvalue weighted by molar-refractivity contribution is 4.79. The Kier molecular flexibility index (Phi) is 2.52. The number of hydrogen-bond acceptors (Lipinski definition) is 1. The van der Waals surface area contributed by atoms with Crippen LogP contribution in [0.5, 0.6) is 0 Å². The van der Waals surface area contributed by atoms with Crippen molar-refractivity contribution in [3.63, 3.8) is 0 Å². The van der Waals surface area contributed by atoms with Gasteiger partial charge in [0.2, 0.25) is 0 Å². The van der Waals surface area contributed by atoms with Crippen LogP contribution in [0, 0.1) is 6.42 Å². The van der Waals surface area contributed by atoms with Gasteiger partial charge in [0.25, 0.3) is 0 Å². The van der Waals surface area contributed by atoms with Gasteiger partial charge in [-0.1, -0.05) is 0 Å². The van der Waals surface area contributed by atoms with Gasteiger partial charge in [-0.05, 0) is 39.7 Å². The van der Waals surface area contributed by atoms with E-state index in [-0.39, 0.29) is 0 Å². The van der Waals surface area contributed by atoms with Crippen LogP contribution in [0.2, 0.25) is 0 Å². The van der Waals surface area contributed by atoms with E-state index < -0.39 is 0 Å². The molecule has 1 nitrogen and oxygen atoms in total. The van der Waals surface area contributed by atoms with Crippen molar-refractivity contribution in [2.24, 2.45) is 0 Å².